The Morgan fingerprint density at radius 1 is 1.21 bits per heavy atom. The number of nitrogens with one attached hydrogen (secondary N) is 1. The predicted octanol–water partition coefficient (Wildman–Crippen LogP) is 1.44. The van der Waals surface area contributed by atoms with Gasteiger partial charge in [0.2, 0.25) is 5.91 Å². The molecule has 0 atom stereocenters. The van der Waals surface area contributed by atoms with Crippen LogP contribution in [0.3, 0.4) is 0 Å². The molecule has 0 aromatic heterocycles. The highest BCUT2D eigenvalue weighted by molar-refractivity contribution is 6.02. The molecular formula is C13H13NO5. The van der Waals surface area contributed by atoms with Crippen molar-refractivity contribution >= 4 is 23.5 Å². The van der Waals surface area contributed by atoms with Crippen molar-refractivity contribution in [2.75, 3.05) is 11.9 Å². The monoisotopic (exact) mass is 263 g/mol. The Bertz CT molecular complexity index is 504. The molecule has 0 heterocycles. The molecule has 0 radical (unpaired) electrons. The first-order chi connectivity index (χ1) is 9.02. The summed E-state index contributed by atoms with van der Waals surface area (Å²) in [7, 11) is 0. The molecule has 0 bridgehead atoms. The third-order valence-electron chi connectivity index (χ3n) is 2.06. The van der Waals surface area contributed by atoms with E-state index in [9.17, 15) is 14.4 Å². The van der Waals surface area contributed by atoms with Crippen molar-refractivity contribution in [3.63, 3.8) is 0 Å². The maximum atomic E-state index is 11.4. The number of ether oxygens (including phenoxy) is 1. The Morgan fingerprint density at radius 3 is 2.37 bits per heavy atom. The van der Waals surface area contributed by atoms with Gasteiger partial charge in [0.05, 0.1) is 12.2 Å². The third kappa shape index (κ3) is 5.03. The van der Waals surface area contributed by atoms with Gasteiger partial charge in [-0.1, -0.05) is 0 Å². The lowest BCUT2D eigenvalue weighted by Crippen LogP contribution is -2.09. The largest absolute Gasteiger partial charge is 0.478 e. The molecule has 0 saturated heterocycles. The fourth-order valence-electron chi connectivity index (χ4n) is 1.21. The van der Waals surface area contributed by atoms with E-state index in [2.05, 4.69) is 10.1 Å². The molecule has 0 spiro atoms. The van der Waals surface area contributed by atoms with Gasteiger partial charge in [0.1, 0.15) is 0 Å². The van der Waals surface area contributed by atoms with E-state index < -0.39 is 17.8 Å². The van der Waals surface area contributed by atoms with Gasteiger partial charge in [0.15, 0.2) is 0 Å². The number of amides is 1. The summed E-state index contributed by atoms with van der Waals surface area (Å²) in [6.45, 7) is 1.90. The molecule has 0 unspecified atom stereocenters. The zero-order valence-corrected chi connectivity index (χ0v) is 10.3. The van der Waals surface area contributed by atoms with Gasteiger partial charge in [0.25, 0.3) is 0 Å². The number of benzene rings is 1. The number of carbonyl (C=O) groups is 3. The number of hydrogen-bond acceptors (Lipinski definition) is 4. The molecule has 0 aliphatic rings. The molecule has 0 aliphatic heterocycles. The number of anilines is 1. The quantitative estimate of drug-likeness (QED) is 0.619. The van der Waals surface area contributed by atoms with Gasteiger partial charge in [-0.05, 0) is 31.2 Å². The van der Waals surface area contributed by atoms with Gasteiger partial charge in [-0.15, -0.1) is 0 Å². The second kappa shape index (κ2) is 6.95. The molecule has 1 amide bonds. The smallest absolute Gasteiger partial charge is 0.335 e. The molecular weight excluding hydrogens is 250 g/mol. The van der Waals surface area contributed by atoms with Crippen LogP contribution in [-0.2, 0) is 14.3 Å². The van der Waals surface area contributed by atoms with Gasteiger partial charge < -0.3 is 15.2 Å². The molecule has 1 aromatic carbocycles. The van der Waals surface area contributed by atoms with E-state index in [1.165, 1.54) is 24.3 Å². The third-order valence-corrected chi connectivity index (χ3v) is 2.06. The average Bonchev–Trinajstić information content (AvgIpc) is 2.37. The number of carbonyl (C=O) groups excluding carboxylic acids is 2. The highest BCUT2D eigenvalue weighted by Crippen LogP contribution is 2.09. The Balaban J connectivity index is 2.57. The standard InChI is InChI=1S/C13H13NO5/c1-2-19-12(16)8-7-11(15)14-10-5-3-9(4-6-10)13(17)18/h3-8H,2H2,1H3,(H,14,15)(H,17,18)/b8-7+. The molecule has 0 aliphatic carbocycles. The topological polar surface area (TPSA) is 92.7 Å². The fourth-order valence-corrected chi connectivity index (χ4v) is 1.21. The van der Waals surface area contributed by atoms with Crippen LogP contribution in [0.5, 0.6) is 0 Å². The fraction of sp³-hybridized carbons (Fsp3) is 0.154. The Kier molecular flexibility index (Phi) is 5.28. The van der Waals surface area contributed by atoms with Gasteiger partial charge in [0, 0.05) is 17.8 Å². The lowest BCUT2D eigenvalue weighted by Gasteiger charge is -2.02. The minimum Gasteiger partial charge on any atom is -0.478 e. The minimum atomic E-state index is -1.04. The zero-order chi connectivity index (χ0) is 14.3. The number of hydrogen-bond donors (Lipinski definition) is 2. The van der Waals surface area contributed by atoms with E-state index in [0.717, 1.165) is 12.2 Å². The van der Waals surface area contributed by atoms with Crippen LogP contribution in [0.1, 0.15) is 17.3 Å². The van der Waals surface area contributed by atoms with Gasteiger partial charge >= 0.3 is 11.9 Å². The number of aromatic carboxylic acids is 1. The zero-order valence-electron chi connectivity index (χ0n) is 10.3. The summed E-state index contributed by atoms with van der Waals surface area (Å²) >= 11 is 0. The summed E-state index contributed by atoms with van der Waals surface area (Å²) in [6, 6.07) is 5.65. The van der Waals surface area contributed by atoms with Crippen molar-refractivity contribution in [2.24, 2.45) is 0 Å². The molecule has 2 N–H and O–H groups in total. The molecule has 100 valence electrons. The molecule has 0 saturated carbocycles. The van der Waals surface area contributed by atoms with Gasteiger partial charge in [-0.25, -0.2) is 9.59 Å². The van der Waals surface area contributed by atoms with Crippen molar-refractivity contribution < 1.29 is 24.2 Å². The lowest BCUT2D eigenvalue weighted by atomic mass is 10.2. The summed E-state index contributed by atoms with van der Waals surface area (Å²) in [5.41, 5.74) is 0.559. The highest BCUT2D eigenvalue weighted by atomic mass is 16.5. The summed E-state index contributed by atoms with van der Waals surface area (Å²) in [5.74, 6) is -2.14. The second-order valence-electron chi connectivity index (χ2n) is 3.46. The number of esters is 1. The van der Waals surface area contributed by atoms with Crippen molar-refractivity contribution in [2.45, 2.75) is 6.92 Å². The van der Waals surface area contributed by atoms with Crippen LogP contribution < -0.4 is 5.32 Å². The lowest BCUT2D eigenvalue weighted by molar-refractivity contribution is -0.137. The maximum Gasteiger partial charge on any atom is 0.335 e. The number of rotatable bonds is 5. The highest BCUT2D eigenvalue weighted by Gasteiger charge is 2.03. The molecule has 6 heteroatoms. The normalized spacial score (nSPS) is 10.2. The SMILES string of the molecule is CCOC(=O)/C=C/C(=O)Nc1ccc(C(=O)O)cc1. The first-order valence-electron chi connectivity index (χ1n) is 5.52. The van der Waals surface area contributed by atoms with E-state index >= 15 is 0 Å². The van der Waals surface area contributed by atoms with Crippen molar-refractivity contribution in [3.8, 4) is 0 Å². The maximum absolute atomic E-state index is 11.4. The Hall–Kier alpha value is -2.63. The van der Waals surface area contributed by atoms with Crippen LogP contribution in [0.15, 0.2) is 36.4 Å². The van der Waals surface area contributed by atoms with E-state index in [4.69, 9.17) is 5.11 Å². The molecule has 1 aromatic rings. The van der Waals surface area contributed by atoms with Crippen LogP contribution in [-0.4, -0.2) is 29.6 Å². The van der Waals surface area contributed by atoms with Crippen LogP contribution in [0.2, 0.25) is 0 Å². The van der Waals surface area contributed by atoms with Gasteiger partial charge in [-0.2, -0.15) is 0 Å². The predicted molar refractivity (Wildman–Crippen MR) is 67.8 cm³/mol. The first-order valence-corrected chi connectivity index (χ1v) is 5.52. The Labute approximate surface area is 109 Å². The van der Waals surface area contributed by atoms with Gasteiger partial charge in [-0.3, -0.25) is 4.79 Å². The first kappa shape index (κ1) is 14.4. The van der Waals surface area contributed by atoms with Crippen LogP contribution >= 0.6 is 0 Å². The molecule has 1 rings (SSSR count). The number of carboxylic acid groups (broad SMARTS) is 1. The summed E-state index contributed by atoms with van der Waals surface area (Å²) in [6.07, 6.45) is 2.06. The second-order valence-corrected chi connectivity index (χ2v) is 3.46. The summed E-state index contributed by atoms with van der Waals surface area (Å²) in [5, 5.41) is 11.2. The van der Waals surface area contributed by atoms with Crippen molar-refractivity contribution in [1.29, 1.82) is 0 Å². The van der Waals surface area contributed by atoms with Crippen molar-refractivity contribution in [3.05, 3.63) is 42.0 Å². The van der Waals surface area contributed by atoms with Crippen LogP contribution in [0.4, 0.5) is 5.69 Å². The molecule has 0 fully saturated rings. The number of carboxylic acids is 1. The van der Waals surface area contributed by atoms with Crippen LogP contribution in [0, 0.1) is 0 Å². The minimum absolute atomic E-state index is 0.125. The Morgan fingerprint density at radius 2 is 1.84 bits per heavy atom. The molecule has 19 heavy (non-hydrogen) atoms. The van der Waals surface area contributed by atoms with E-state index in [0.29, 0.717) is 5.69 Å². The summed E-state index contributed by atoms with van der Waals surface area (Å²) < 4.78 is 4.61. The van der Waals surface area contributed by atoms with Crippen LogP contribution in [0.25, 0.3) is 0 Å². The van der Waals surface area contributed by atoms with E-state index in [1.54, 1.807) is 6.92 Å². The molecule has 6 nitrogen and oxygen atoms in total. The average molecular weight is 263 g/mol. The van der Waals surface area contributed by atoms with E-state index in [1.807, 2.05) is 0 Å². The summed E-state index contributed by atoms with van der Waals surface area (Å²) in [4.78, 5) is 33.0. The van der Waals surface area contributed by atoms with E-state index in [-0.39, 0.29) is 12.2 Å². The van der Waals surface area contributed by atoms with Crippen molar-refractivity contribution in [1.82, 2.24) is 0 Å².